The lowest BCUT2D eigenvalue weighted by molar-refractivity contribution is -0.271. The van der Waals surface area contributed by atoms with Gasteiger partial charge in [-0.3, -0.25) is 4.40 Å². The Hall–Kier alpha value is -2.69. The van der Waals surface area contributed by atoms with Gasteiger partial charge in [-0.1, -0.05) is 0 Å². The lowest BCUT2D eigenvalue weighted by atomic mass is 9.97. The summed E-state index contributed by atoms with van der Waals surface area (Å²) in [5, 5.41) is 20.5. The Kier molecular flexibility index (Phi) is 3.87. The summed E-state index contributed by atoms with van der Waals surface area (Å²) in [6, 6.07) is 0. The van der Waals surface area contributed by atoms with E-state index in [0.717, 1.165) is 4.57 Å². The Bertz CT molecular complexity index is 843. The Morgan fingerprint density at radius 3 is 2.62 bits per heavy atom. The summed E-state index contributed by atoms with van der Waals surface area (Å²) in [7, 11) is 1.39. The van der Waals surface area contributed by atoms with Crippen molar-refractivity contribution in [2.24, 2.45) is 7.05 Å². The molecular weight excluding hydrogens is 327 g/mol. The summed E-state index contributed by atoms with van der Waals surface area (Å²) in [6.07, 6.45) is 1.56. The predicted molar refractivity (Wildman–Crippen MR) is 77.0 cm³/mol. The number of anilines is 1. The van der Waals surface area contributed by atoms with Crippen LogP contribution < -0.4 is 5.32 Å². The Morgan fingerprint density at radius 1 is 1.21 bits per heavy atom. The Balaban J connectivity index is 1.80. The maximum absolute atomic E-state index is 13.4. The fourth-order valence-corrected chi connectivity index (χ4v) is 2.39. The van der Waals surface area contributed by atoms with E-state index in [2.05, 4.69) is 25.5 Å². The molecule has 0 aromatic carbocycles. The number of aryl methyl sites for hydroxylation is 1. The van der Waals surface area contributed by atoms with Crippen LogP contribution in [0.1, 0.15) is 12.2 Å². The fraction of sp³-hybridized carbons (Fsp3) is 0.385. The van der Waals surface area contributed by atoms with Gasteiger partial charge in [0.2, 0.25) is 11.2 Å². The van der Waals surface area contributed by atoms with Crippen LogP contribution in [-0.2, 0) is 12.6 Å². The van der Waals surface area contributed by atoms with E-state index in [1.165, 1.54) is 32.0 Å². The topological polar surface area (TPSA) is 93.2 Å². The highest BCUT2D eigenvalue weighted by molar-refractivity contribution is 5.61. The number of aromatic nitrogens is 6. The maximum atomic E-state index is 13.4. The molecule has 0 spiro atoms. The van der Waals surface area contributed by atoms with Crippen molar-refractivity contribution in [2.45, 2.75) is 18.2 Å². The number of halogens is 3. The molecule has 3 aromatic heterocycles. The molecule has 3 rings (SSSR count). The van der Waals surface area contributed by atoms with E-state index < -0.39 is 24.0 Å². The first kappa shape index (κ1) is 16.2. The molecule has 2 N–H and O–H groups in total. The lowest BCUT2D eigenvalue weighted by Crippen LogP contribution is -2.45. The Morgan fingerprint density at radius 2 is 1.96 bits per heavy atom. The Labute approximate surface area is 134 Å². The molecule has 0 unspecified atom stereocenters. The number of rotatable bonds is 5. The third-order valence-electron chi connectivity index (χ3n) is 3.66. The first-order valence-corrected chi connectivity index (χ1v) is 6.98. The summed E-state index contributed by atoms with van der Waals surface area (Å²) in [5.41, 5.74) is -2.69. The molecule has 3 aromatic rings. The quantitative estimate of drug-likeness (QED) is 0.722. The summed E-state index contributed by atoms with van der Waals surface area (Å²) < 4.78 is 42.9. The SMILES string of the molecule is Cn1ccnc1[C@](O)(CCNc1nccn2cnnc12)C(F)(F)F. The van der Waals surface area contributed by atoms with Gasteiger partial charge >= 0.3 is 6.18 Å². The number of nitrogens with zero attached hydrogens (tertiary/aromatic N) is 6. The van der Waals surface area contributed by atoms with Crippen LogP contribution in [0.15, 0.2) is 31.1 Å². The fourth-order valence-electron chi connectivity index (χ4n) is 2.39. The largest absolute Gasteiger partial charge is 0.424 e. The molecule has 3 heterocycles. The standard InChI is InChI=1S/C13H14F3N7O/c1-22-6-4-19-11(22)12(24,13(14,15)16)2-3-17-9-10-21-20-8-23(10)7-5-18-9/h4-8,24H,2-3H2,1H3,(H,17,18)/t12-/m1/s1. The van der Waals surface area contributed by atoms with Crippen LogP contribution in [0.5, 0.6) is 0 Å². The van der Waals surface area contributed by atoms with Crippen LogP contribution in [0.4, 0.5) is 19.0 Å². The molecule has 1 atom stereocenters. The lowest BCUT2D eigenvalue weighted by Gasteiger charge is -2.30. The van der Waals surface area contributed by atoms with Gasteiger partial charge in [0.25, 0.3) is 0 Å². The van der Waals surface area contributed by atoms with Gasteiger partial charge in [-0.05, 0) is 0 Å². The predicted octanol–water partition coefficient (Wildman–Crippen LogP) is 1.11. The van der Waals surface area contributed by atoms with Gasteiger partial charge in [0.15, 0.2) is 5.82 Å². The van der Waals surface area contributed by atoms with E-state index in [-0.39, 0.29) is 12.4 Å². The van der Waals surface area contributed by atoms with Gasteiger partial charge in [-0.2, -0.15) is 13.2 Å². The number of imidazole rings is 1. The molecule has 24 heavy (non-hydrogen) atoms. The molecule has 0 amide bonds. The van der Waals surface area contributed by atoms with Crippen LogP contribution in [0.3, 0.4) is 0 Å². The molecule has 0 aliphatic heterocycles. The summed E-state index contributed by atoms with van der Waals surface area (Å²) >= 11 is 0. The minimum absolute atomic E-state index is 0.192. The average molecular weight is 341 g/mol. The second-order valence-corrected chi connectivity index (χ2v) is 5.23. The maximum Gasteiger partial charge on any atom is 0.424 e. The molecule has 8 nitrogen and oxygen atoms in total. The van der Waals surface area contributed by atoms with E-state index in [1.807, 2.05) is 0 Å². The van der Waals surface area contributed by atoms with Crippen molar-refractivity contribution >= 4 is 11.5 Å². The first-order valence-electron chi connectivity index (χ1n) is 6.98. The average Bonchev–Trinajstić information content (AvgIpc) is 3.15. The van der Waals surface area contributed by atoms with E-state index >= 15 is 0 Å². The zero-order valence-corrected chi connectivity index (χ0v) is 12.6. The number of hydrogen-bond acceptors (Lipinski definition) is 6. The summed E-state index contributed by atoms with van der Waals surface area (Å²) in [4.78, 5) is 7.67. The number of hydrogen-bond donors (Lipinski definition) is 2. The third kappa shape index (κ3) is 2.66. The van der Waals surface area contributed by atoms with E-state index in [0.29, 0.717) is 5.65 Å². The highest BCUT2D eigenvalue weighted by Crippen LogP contribution is 2.40. The zero-order chi connectivity index (χ0) is 17.4. The number of nitrogens with one attached hydrogen (secondary N) is 1. The highest BCUT2D eigenvalue weighted by atomic mass is 19.4. The molecule has 0 aliphatic carbocycles. The number of fused-ring (bicyclic) bond motifs is 1. The molecule has 0 fully saturated rings. The molecular formula is C13H14F3N7O. The normalized spacial score (nSPS) is 14.7. The molecule has 0 radical (unpaired) electrons. The van der Waals surface area contributed by atoms with E-state index in [4.69, 9.17) is 0 Å². The van der Waals surface area contributed by atoms with Crippen LogP contribution in [0, 0.1) is 0 Å². The van der Waals surface area contributed by atoms with Crippen molar-refractivity contribution in [3.05, 3.63) is 36.9 Å². The van der Waals surface area contributed by atoms with Crippen LogP contribution in [-0.4, -0.2) is 47.0 Å². The monoisotopic (exact) mass is 341 g/mol. The molecule has 0 saturated carbocycles. The second-order valence-electron chi connectivity index (χ2n) is 5.23. The van der Waals surface area contributed by atoms with Gasteiger partial charge in [0.05, 0.1) is 0 Å². The third-order valence-corrected chi connectivity index (χ3v) is 3.66. The van der Waals surface area contributed by atoms with E-state index in [1.54, 1.807) is 10.6 Å². The van der Waals surface area contributed by atoms with Crippen molar-refractivity contribution in [2.75, 3.05) is 11.9 Å². The smallest absolute Gasteiger partial charge is 0.374 e. The number of aliphatic hydroxyl groups is 1. The molecule has 11 heteroatoms. The van der Waals surface area contributed by atoms with Crippen molar-refractivity contribution in [3.63, 3.8) is 0 Å². The summed E-state index contributed by atoms with van der Waals surface area (Å²) in [6.45, 7) is -0.192. The van der Waals surface area contributed by atoms with Crippen molar-refractivity contribution < 1.29 is 18.3 Å². The summed E-state index contributed by atoms with van der Waals surface area (Å²) in [5.74, 6) is -0.190. The van der Waals surface area contributed by atoms with Crippen molar-refractivity contribution in [1.82, 2.24) is 29.1 Å². The second kappa shape index (κ2) is 5.74. The zero-order valence-electron chi connectivity index (χ0n) is 12.6. The molecule has 128 valence electrons. The highest BCUT2D eigenvalue weighted by Gasteiger charge is 2.57. The number of alkyl halides is 3. The van der Waals surface area contributed by atoms with Gasteiger partial charge in [-0.15, -0.1) is 10.2 Å². The first-order chi connectivity index (χ1) is 11.3. The molecule has 0 saturated heterocycles. The minimum Gasteiger partial charge on any atom is -0.374 e. The van der Waals surface area contributed by atoms with Crippen molar-refractivity contribution in [3.8, 4) is 0 Å². The minimum atomic E-state index is -4.87. The van der Waals surface area contributed by atoms with E-state index in [9.17, 15) is 18.3 Å². The van der Waals surface area contributed by atoms with Gasteiger partial charge in [0.1, 0.15) is 12.2 Å². The molecule has 0 aliphatic rings. The van der Waals surface area contributed by atoms with Gasteiger partial charge < -0.3 is 15.0 Å². The van der Waals surface area contributed by atoms with Crippen LogP contribution in [0.25, 0.3) is 5.65 Å². The van der Waals surface area contributed by atoms with Crippen LogP contribution in [0.2, 0.25) is 0 Å². The van der Waals surface area contributed by atoms with Crippen LogP contribution >= 0.6 is 0 Å². The van der Waals surface area contributed by atoms with Crippen molar-refractivity contribution in [1.29, 1.82) is 0 Å². The van der Waals surface area contributed by atoms with Gasteiger partial charge in [0, 0.05) is 44.8 Å². The van der Waals surface area contributed by atoms with Gasteiger partial charge in [-0.25, -0.2) is 9.97 Å². The molecule has 0 bridgehead atoms.